The summed E-state index contributed by atoms with van der Waals surface area (Å²) in [4.78, 5) is 153. The van der Waals surface area contributed by atoms with Gasteiger partial charge in [-0.1, -0.05) is 34.8 Å². The molecule has 614 valence electrons. The average molecular weight is 1700 g/mol. The fourth-order valence-corrected chi connectivity index (χ4v) is 12.7. The van der Waals surface area contributed by atoms with E-state index in [1.807, 2.05) is 0 Å². The highest BCUT2D eigenvalue weighted by atomic mass is 35.5. The van der Waals surface area contributed by atoms with Crippen LogP contribution < -0.4 is 69.6 Å². The van der Waals surface area contributed by atoms with Gasteiger partial charge in [0.2, 0.25) is 0 Å². The molecule has 6 heterocycles. The maximum atomic E-state index is 15.0. The molecule has 3 aliphatic rings. The first kappa shape index (κ1) is 84.1. The smallest absolute Gasteiger partial charge is 0.335 e. The van der Waals surface area contributed by atoms with Crippen LogP contribution in [0.4, 0.5) is 49.2 Å². The minimum absolute atomic E-state index is 0.0136. The molecular formula is C84H66Cl3F6N13O14. The Kier molecular flexibility index (Phi) is 25.5. The monoisotopic (exact) mass is 1700 g/mol. The number of anilines is 4. The Morgan fingerprint density at radius 3 is 0.933 bits per heavy atom. The van der Waals surface area contributed by atoms with Crippen molar-refractivity contribution in [3.63, 3.8) is 0 Å². The number of amides is 3. The Labute approximate surface area is 689 Å². The lowest BCUT2D eigenvalue weighted by Crippen LogP contribution is -2.42. The molecule has 0 unspecified atom stereocenters. The fourth-order valence-electron chi connectivity index (χ4n) is 12.1. The number of nitrogens with zero attached hydrogens (tertiary/aromatic N) is 9. The van der Waals surface area contributed by atoms with E-state index < -0.39 is 86.4 Å². The van der Waals surface area contributed by atoms with Gasteiger partial charge in [0.1, 0.15) is 78.1 Å². The van der Waals surface area contributed by atoms with Gasteiger partial charge in [-0.2, -0.15) is 0 Å². The van der Waals surface area contributed by atoms with Gasteiger partial charge < -0.3 is 35.9 Å². The van der Waals surface area contributed by atoms with Gasteiger partial charge in [-0.05, 0) is 179 Å². The molecule has 0 aliphatic heterocycles. The largest absolute Gasteiger partial charge is 0.453 e. The molecule has 0 bridgehead atoms. The third-order valence-corrected chi connectivity index (χ3v) is 19.9. The topological polar surface area (TPSA) is 346 Å². The van der Waals surface area contributed by atoms with E-state index in [4.69, 9.17) is 54.7 Å². The summed E-state index contributed by atoms with van der Waals surface area (Å²) in [6, 6.07) is 29.4. The van der Waals surface area contributed by atoms with Crippen molar-refractivity contribution in [2.45, 2.75) is 84.8 Å². The van der Waals surface area contributed by atoms with E-state index in [-0.39, 0.29) is 160 Å². The normalized spacial score (nSPS) is 12.7. The van der Waals surface area contributed by atoms with Crippen LogP contribution in [-0.2, 0) is 42.1 Å². The molecule has 120 heavy (non-hydrogen) atoms. The first-order valence-electron chi connectivity index (χ1n) is 36.8. The number of rotatable bonds is 25. The van der Waals surface area contributed by atoms with Gasteiger partial charge in [0, 0.05) is 110 Å². The number of carbonyl (C=O) groups is 5. The minimum Gasteiger partial charge on any atom is -0.453 e. The van der Waals surface area contributed by atoms with Crippen LogP contribution in [0.3, 0.4) is 0 Å². The number of nitrogens with one attached hydrogen (secondary N) is 3. The summed E-state index contributed by atoms with van der Waals surface area (Å²) in [7, 11) is 0. The second-order valence-corrected chi connectivity index (χ2v) is 29.3. The molecule has 3 fully saturated rings. The summed E-state index contributed by atoms with van der Waals surface area (Å²) in [5.41, 5.74) is 0.918. The fraction of sp³-hybridized carbons (Fsp3) is 0.190. The minimum atomic E-state index is -0.903. The Morgan fingerprint density at radius 2 is 0.667 bits per heavy atom. The van der Waals surface area contributed by atoms with E-state index in [1.165, 1.54) is 156 Å². The van der Waals surface area contributed by atoms with Crippen molar-refractivity contribution in [2.75, 3.05) is 21.7 Å². The van der Waals surface area contributed by atoms with Gasteiger partial charge in [-0.3, -0.25) is 62.0 Å². The molecule has 15 rings (SSSR count). The first-order chi connectivity index (χ1) is 57.4. The molecular weight excluding hydrogens is 1640 g/mol. The maximum absolute atomic E-state index is 15.0. The van der Waals surface area contributed by atoms with E-state index >= 15 is 0 Å². The molecule has 0 spiro atoms. The Bertz CT molecular complexity index is 6190. The summed E-state index contributed by atoms with van der Waals surface area (Å²) in [6.07, 6.45) is 13.2. The molecule has 0 atom stereocenters. The summed E-state index contributed by atoms with van der Waals surface area (Å²) in [5, 5.41) is 7.59. The number of ether oxygens (including phenoxy) is 3. The Morgan fingerprint density at radius 1 is 0.392 bits per heavy atom. The van der Waals surface area contributed by atoms with Crippen molar-refractivity contribution in [1.29, 1.82) is 0 Å². The van der Waals surface area contributed by atoms with Crippen LogP contribution in [0.15, 0.2) is 212 Å². The molecule has 6 aromatic heterocycles. The van der Waals surface area contributed by atoms with Crippen LogP contribution in [-0.4, -0.2) is 71.6 Å². The van der Waals surface area contributed by atoms with Crippen molar-refractivity contribution in [3.8, 4) is 51.6 Å². The van der Waals surface area contributed by atoms with Gasteiger partial charge in [0.25, 0.3) is 34.4 Å². The standard InChI is InChI=1S/2C29H23ClF2N4O5.C26H20ClF2N5O4/c2*1-16(37)12-23-26(30)25(10-11-33-23)41-24-9-6-19(13-22(24)32)34-27(38)21-15-35(14-17-2-3-17)29(40)36(28(21)39)20-7-4-18(31)5-8-20;27-22-21(9-10-31-23(22)30)38-20-8-5-16(11-19(20)29)32-24(35)18-13-33(12-14-1-2-14)26(37)34(25(18)36)17-6-3-15(28)4-7-17/h2*4-11,13,15,17H,2-3,12,14H2,1H3,(H,34,38);3-11,13-14H,1-2,12H2,(H2,30,31)(H,32,35). The van der Waals surface area contributed by atoms with E-state index in [1.54, 1.807) is 0 Å². The molecule has 27 nitrogen and oxygen atoms in total. The zero-order valence-corrected chi connectivity index (χ0v) is 65.3. The Hall–Kier alpha value is -13.8. The van der Waals surface area contributed by atoms with E-state index in [2.05, 4.69) is 30.9 Å². The number of benzene rings is 6. The molecule has 3 amide bonds. The predicted molar refractivity (Wildman–Crippen MR) is 431 cm³/mol. The zero-order chi connectivity index (χ0) is 85.5. The molecule has 3 saturated carbocycles. The quantitative estimate of drug-likeness (QED) is 0.0386. The molecule has 5 N–H and O–H groups in total. The van der Waals surface area contributed by atoms with Gasteiger partial charge in [0.05, 0.1) is 41.3 Å². The number of hydrogen-bond donors (Lipinski definition) is 4. The van der Waals surface area contributed by atoms with E-state index in [9.17, 15) is 79.1 Å². The summed E-state index contributed by atoms with van der Waals surface area (Å²) in [6.45, 7) is 3.72. The number of carbonyl (C=O) groups excluding carboxylic acids is 5. The highest BCUT2D eigenvalue weighted by Crippen LogP contribution is 2.38. The summed E-state index contributed by atoms with van der Waals surface area (Å²) in [5.74, 6) is -6.61. The first-order valence-corrected chi connectivity index (χ1v) is 37.9. The lowest BCUT2D eigenvalue weighted by Gasteiger charge is -2.14. The van der Waals surface area contributed by atoms with Crippen molar-refractivity contribution < 1.29 is 64.5 Å². The lowest BCUT2D eigenvalue weighted by atomic mass is 10.2. The summed E-state index contributed by atoms with van der Waals surface area (Å²) < 4.78 is 108. The molecule has 3 aliphatic carbocycles. The van der Waals surface area contributed by atoms with Crippen LogP contribution in [0.25, 0.3) is 17.1 Å². The van der Waals surface area contributed by atoms with Crippen molar-refractivity contribution >= 4 is 87.0 Å². The predicted octanol–water partition coefficient (Wildman–Crippen LogP) is 14.2. The second kappa shape index (κ2) is 36.4. The van der Waals surface area contributed by atoms with Crippen LogP contribution in [0.5, 0.6) is 34.5 Å². The number of nitrogen functional groups attached to an aromatic ring is 1. The third-order valence-electron chi connectivity index (χ3n) is 18.7. The van der Waals surface area contributed by atoms with Crippen LogP contribution in [0, 0.1) is 52.7 Å². The SMILES string of the molecule is CC(=O)Cc1nccc(Oc2ccc(NC(=O)c3cn(CC4CC4)c(=O)n(-c4ccc(F)cc4)c3=O)cc2F)c1Cl.CC(=O)Cc1nccc(Oc2ccc(NC(=O)c3cn(CC4CC4)c(=O)n(-c4ccc(F)cc4)c3=O)cc2F)c1Cl.Nc1nccc(Oc2ccc(NC(=O)c3cn(CC4CC4)c(=O)n(-c4ccc(F)cc4)c3=O)cc2F)c1Cl. The number of aromatic nitrogens is 9. The molecule has 0 radical (unpaired) electrons. The molecule has 12 aromatic rings. The average Bonchev–Trinajstić information content (AvgIpc) is 1.15. The summed E-state index contributed by atoms with van der Waals surface area (Å²) >= 11 is 18.6. The number of halogens is 9. The van der Waals surface area contributed by atoms with E-state index in [0.29, 0.717) is 19.6 Å². The molecule has 36 heteroatoms. The van der Waals surface area contributed by atoms with Gasteiger partial charge >= 0.3 is 17.1 Å². The van der Waals surface area contributed by atoms with Crippen molar-refractivity contribution in [3.05, 3.63) is 323 Å². The lowest BCUT2D eigenvalue weighted by molar-refractivity contribution is -0.117. The van der Waals surface area contributed by atoms with Gasteiger partial charge in [-0.15, -0.1) is 0 Å². The van der Waals surface area contributed by atoms with Gasteiger partial charge in [-0.25, -0.2) is 59.4 Å². The highest BCUT2D eigenvalue weighted by Gasteiger charge is 2.30. The number of pyridine rings is 3. The van der Waals surface area contributed by atoms with Crippen molar-refractivity contribution in [2.24, 2.45) is 17.8 Å². The number of Topliss-reactive ketones (excluding diaryl/α,β-unsaturated/α-hetero) is 2. The van der Waals surface area contributed by atoms with Crippen LogP contribution in [0.2, 0.25) is 15.1 Å². The number of ketones is 2. The van der Waals surface area contributed by atoms with Crippen LogP contribution >= 0.6 is 34.8 Å². The second-order valence-electron chi connectivity index (χ2n) is 28.1. The zero-order valence-electron chi connectivity index (χ0n) is 63.1. The number of hydrogen-bond acceptors (Lipinski definition) is 18. The maximum Gasteiger partial charge on any atom is 0.335 e. The van der Waals surface area contributed by atoms with Gasteiger partial charge in [0.15, 0.2) is 40.4 Å². The highest BCUT2D eigenvalue weighted by molar-refractivity contribution is 6.34. The third kappa shape index (κ3) is 20.2. The van der Waals surface area contributed by atoms with Crippen molar-refractivity contribution in [1.82, 2.24) is 42.4 Å². The molecule has 0 saturated heterocycles. The number of nitrogens with two attached hydrogens (primary N) is 1. The van der Waals surface area contributed by atoms with Crippen LogP contribution in [0.1, 0.15) is 94.8 Å². The molecule has 6 aromatic carbocycles. The Balaban J connectivity index is 0.000000156. The van der Waals surface area contributed by atoms with E-state index in [0.717, 1.165) is 107 Å².